The molecule has 2 saturated heterocycles. The van der Waals surface area contributed by atoms with E-state index in [1.54, 1.807) is 17.0 Å². The van der Waals surface area contributed by atoms with Gasteiger partial charge in [0.05, 0.1) is 0 Å². The molecule has 0 spiro atoms. The Hall–Kier alpha value is -4.07. The molecule has 2 aliphatic rings. The molecule has 7 nitrogen and oxygen atoms in total. The van der Waals surface area contributed by atoms with Gasteiger partial charge in [-0.15, -0.1) is 0 Å². The second-order valence-corrected chi connectivity index (χ2v) is 12.1. The summed E-state index contributed by atoms with van der Waals surface area (Å²) < 4.78 is 1.69. The van der Waals surface area contributed by atoms with Crippen molar-refractivity contribution in [2.45, 2.75) is 58.0 Å². The molecule has 1 N–H and O–H groups in total. The van der Waals surface area contributed by atoms with E-state index in [4.69, 9.17) is 16.6 Å². The second kappa shape index (κ2) is 11.5. The molecule has 5 heterocycles. The number of hydrogen-bond acceptors (Lipinski definition) is 6. The maximum absolute atomic E-state index is 13.7. The maximum Gasteiger partial charge on any atom is 0.260 e. The van der Waals surface area contributed by atoms with E-state index >= 15 is 0 Å². The largest absolute Gasteiger partial charge is 0.324 e. The molecule has 43 heavy (non-hydrogen) atoms. The molecule has 5 aromatic rings. The summed E-state index contributed by atoms with van der Waals surface area (Å²) in [7, 11) is 0. The molecule has 0 bridgehead atoms. The van der Waals surface area contributed by atoms with Crippen molar-refractivity contribution in [3.05, 3.63) is 99.7 Å². The van der Waals surface area contributed by atoms with Gasteiger partial charge in [-0.2, -0.15) is 4.98 Å². The predicted octanol–water partition coefficient (Wildman–Crippen LogP) is 7.59. The quantitative estimate of drug-likeness (QED) is 0.220. The van der Waals surface area contributed by atoms with Crippen molar-refractivity contribution in [1.82, 2.24) is 24.4 Å². The minimum atomic E-state index is -0.135. The highest BCUT2D eigenvalue weighted by molar-refractivity contribution is 6.33. The minimum absolute atomic E-state index is 0.135. The number of nitrogens with zero attached hydrogens (tertiary/aromatic N) is 5. The molecule has 7 rings (SSSR count). The van der Waals surface area contributed by atoms with Crippen LogP contribution in [-0.2, 0) is 6.54 Å². The summed E-state index contributed by atoms with van der Waals surface area (Å²) >= 11 is 6.77. The van der Waals surface area contributed by atoms with Gasteiger partial charge in [-0.1, -0.05) is 41.9 Å². The normalized spacial score (nSPS) is 18.6. The van der Waals surface area contributed by atoms with Gasteiger partial charge in [-0.3, -0.25) is 14.3 Å². The maximum atomic E-state index is 13.7. The third kappa shape index (κ3) is 5.32. The number of anilines is 2. The molecule has 2 aliphatic heterocycles. The van der Waals surface area contributed by atoms with E-state index < -0.39 is 0 Å². The molecule has 2 aromatic carbocycles. The van der Waals surface area contributed by atoms with Crippen molar-refractivity contribution in [3.8, 4) is 22.3 Å². The topological polar surface area (TPSA) is 75.9 Å². The number of halogens is 1. The lowest BCUT2D eigenvalue weighted by molar-refractivity contribution is 0.181. The van der Waals surface area contributed by atoms with Gasteiger partial charge >= 0.3 is 0 Å². The van der Waals surface area contributed by atoms with Crippen LogP contribution in [0.1, 0.15) is 49.8 Å². The Labute approximate surface area is 256 Å². The fourth-order valence-corrected chi connectivity index (χ4v) is 7.17. The van der Waals surface area contributed by atoms with Crippen LogP contribution in [0.4, 0.5) is 11.6 Å². The zero-order chi connectivity index (χ0) is 29.5. The Morgan fingerprint density at radius 2 is 1.84 bits per heavy atom. The van der Waals surface area contributed by atoms with Crippen LogP contribution in [0.3, 0.4) is 0 Å². The first-order chi connectivity index (χ1) is 21.0. The molecule has 2 fully saturated rings. The first-order valence-electron chi connectivity index (χ1n) is 15.2. The van der Waals surface area contributed by atoms with E-state index in [9.17, 15) is 4.79 Å². The Balaban J connectivity index is 1.15. The van der Waals surface area contributed by atoms with Crippen LogP contribution >= 0.6 is 11.6 Å². The molecule has 2 unspecified atom stereocenters. The number of aryl methyl sites for hydroxylation is 2. The second-order valence-electron chi connectivity index (χ2n) is 11.7. The molecule has 3 aromatic heterocycles. The highest BCUT2D eigenvalue weighted by atomic mass is 35.5. The number of pyridine rings is 2. The van der Waals surface area contributed by atoms with E-state index in [2.05, 4.69) is 44.5 Å². The summed E-state index contributed by atoms with van der Waals surface area (Å²) in [6, 6.07) is 21.0. The average Bonchev–Trinajstić information content (AvgIpc) is 3.50. The molecule has 0 aliphatic carbocycles. The lowest BCUT2D eigenvalue weighted by Gasteiger charge is -2.35. The third-order valence-corrected chi connectivity index (χ3v) is 9.49. The number of benzene rings is 2. The molecule has 8 heteroatoms. The lowest BCUT2D eigenvalue weighted by atomic mass is 9.85. The van der Waals surface area contributed by atoms with E-state index in [1.165, 1.54) is 44.3 Å². The number of aromatic nitrogens is 4. The van der Waals surface area contributed by atoms with Gasteiger partial charge in [0.15, 0.2) is 0 Å². The zero-order valence-corrected chi connectivity index (χ0v) is 25.3. The molecule has 0 radical (unpaired) electrons. The Morgan fingerprint density at radius 3 is 2.63 bits per heavy atom. The van der Waals surface area contributed by atoms with E-state index in [-0.39, 0.29) is 5.56 Å². The molecule has 2 atom stereocenters. The molecular formula is C35H35ClN6O. The SMILES string of the molecule is CCn1c(=O)c(-c2ccc(-c3cccnc3C)cc2Cl)cc2cnc(Nc3ccc(C4CCN5CCCC5C4)cc3)nc21. The van der Waals surface area contributed by atoms with Crippen molar-refractivity contribution in [1.29, 1.82) is 0 Å². The smallest absolute Gasteiger partial charge is 0.260 e. The van der Waals surface area contributed by atoms with Gasteiger partial charge in [0.25, 0.3) is 5.56 Å². The van der Waals surface area contributed by atoms with Gasteiger partial charge in [0.1, 0.15) is 5.65 Å². The summed E-state index contributed by atoms with van der Waals surface area (Å²) in [5.41, 5.74) is 6.90. The van der Waals surface area contributed by atoms with Crippen LogP contribution in [0.2, 0.25) is 5.02 Å². The van der Waals surface area contributed by atoms with Crippen LogP contribution in [-0.4, -0.2) is 43.6 Å². The lowest BCUT2D eigenvalue weighted by Crippen LogP contribution is -2.37. The summed E-state index contributed by atoms with van der Waals surface area (Å²) in [6.07, 6.45) is 8.71. The predicted molar refractivity (Wildman–Crippen MR) is 174 cm³/mol. The standard InChI is InChI=1S/C35H35ClN6O/c1-3-42-33-26(19-31(34(42)43)30-13-10-25(20-32(30)36)29-7-4-15-37-22(29)2)21-38-35(40-33)39-27-11-8-23(9-12-27)24-14-17-41-16-5-6-28(41)18-24/h4,7-13,15,19-21,24,28H,3,5-6,14,16-18H2,1-2H3,(H,38,39,40). The minimum Gasteiger partial charge on any atom is -0.324 e. The molecule has 0 saturated carbocycles. The van der Waals surface area contributed by atoms with Crippen LogP contribution in [0.15, 0.2) is 77.9 Å². The Morgan fingerprint density at radius 1 is 0.977 bits per heavy atom. The van der Waals surface area contributed by atoms with Crippen molar-refractivity contribution >= 4 is 34.3 Å². The van der Waals surface area contributed by atoms with Gasteiger partial charge in [0, 0.05) is 63.5 Å². The summed E-state index contributed by atoms with van der Waals surface area (Å²) in [6.45, 7) is 6.87. The first-order valence-corrected chi connectivity index (χ1v) is 15.6. The third-order valence-electron chi connectivity index (χ3n) is 9.18. The number of hydrogen-bond donors (Lipinski definition) is 1. The van der Waals surface area contributed by atoms with Crippen LogP contribution in [0.25, 0.3) is 33.3 Å². The number of nitrogens with one attached hydrogen (secondary N) is 1. The fraction of sp³-hybridized carbons (Fsp3) is 0.314. The summed E-state index contributed by atoms with van der Waals surface area (Å²) in [5.74, 6) is 1.09. The van der Waals surface area contributed by atoms with E-state index in [0.29, 0.717) is 40.2 Å². The van der Waals surface area contributed by atoms with Gasteiger partial charge in [0.2, 0.25) is 5.95 Å². The average molecular weight is 591 g/mol. The monoisotopic (exact) mass is 590 g/mol. The van der Waals surface area contributed by atoms with Crippen molar-refractivity contribution < 1.29 is 0 Å². The number of piperidine rings is 1. The van der Waals surface area contributed by atoms with E-state index in [0.717, 1.165) is 33.9 Å². The highest BCUT2D eigenvalue weighted by Gasteiger charge is 2.32. The molecular weight excluding hydrogens is 556 g/mol. The summed E-state index contributed by atoms with van der Waals surface area (Å²) in [5, 5.41) is 4.63. The Kier molecular flexibility index (Phi) is 7.45. The van der Waals surface area contributed by atoms with Crippen molar-refractivity contribution in [2.24, 2.45) is 0 Å². The van der Waals surface area contributed by atoms with Crippen LogP contribution < -0.4 is 10.9 Å². The van der Waals surface area contributed by atoms with Crippen LogP contribution in [0.5, 0.6) is 0 Å². The number of fused-ring (bicyclic) bond motifs is 2. The van der Waals surface area contributed by atoms with Gasteiger partial charge in [-0.05, 0) is 100.0 Å². The van der Waals surface area contributed by atoms with Gasteiger partial charge < -0.3 is 10.2 Å². The van der Waals surface area contributed by atoms with Crippen molar-refractivity contribution in [3.63, 3.8) is 0 Å². The summed E-state index contributed by atoms with van der Waals surface area (Å²) in [4.78, 5) is 30.1. The Bertz CT molecular complexity index is 1870. The zero-order valence-electron chi connectivity index (χ0n) is 24.6. The van der Waals surface area contributed by atoms with Crippen LogP contribution in [0, 0.1) is 6.92 Å². The highest BCUT2D eigenvalue weighted by Crippen LogP contribution is 2.37. The van der Waals surface area contributed by atoms with E-state index in [1.807, 2.05) is 50.2 Å². The van der Waals surface area contributed by atoms with Crippen molar-refractivity contribution in [2.75, 3.05) is 18.4 Å². The number of rotatable bonds is 6. The molecule has 218 valence electrons. The fourth-order valence-electron chi connectivity index (χ4n) is 6.89. The molecule has 0 amide bonds. The van der Waals surface area contributed by atoms with Gasteiger partial charge in [-0.25, -0.2) is 4.98 Å². The first kappa shape index (κ1) is 27.7.